The molecule has 2 heterocycles. The highest BCUT2D eigenvalue weighted by molar-refractivity contribution is 7.94. The molecule has 164 valence electrons. The number of nitrogens with one attached hydrogen (secondary N) is 2. The first kappa shape index (κ1) is 22.7. The Morgan fingerprint density at radius 1 is 1.07 bits per heavy atom. The third-order valence-corrected chi connectivity index (χ3v) is 7.93. The van der Waals surface area contributed by atoms with Crippen LogP contribution in [0.15, 0.2) is 46.0 Å². The lowest BCUT2D eigenvalue weighted by Crippen LogP contribution is -2.44. The van der Waals surface area contributed by atoms with Crippen LogP contribution < -0.4 is 10.0 Å². The maximum absolute atomic E-state index is 12.2. The first-order chi connectivity index (χ1) is 14.4. The van der Waals surface area contributed by atoms with Gasteiger partial charge in [-0.05, 0) is 55.6 Å². The van der Waals surface area contributed by atoms with E-state index < -0.39 is 10.0 Å². The summed E-state index contributed by atoms with van der Waals surface area (Å²) in [6.45, 7) is 6.29. The molecule has 0 spiro atoms. The number of piperazine rings is 1. The molecule has 9 heteroatoms. The van der Waals surface area contributed by atoms with Crippen LogP contribution in [0, 0.1) is 0 Å². The van der Waals surface area contributed by atoms with Crippen molar-refractivity contribution in [2.24, 2.45) is 0 Å². The van der Waals surface area contributed by atoms with E-state index in [0.29, 0.717) is 12.2 Å². The van der Waals surface area contributed by atoms with Gasteiger partial charge in [0, 0.05) is 38.4 Å². The van der Waals surface area contributed by atoms with E-state index in [1.54, 1.807) is 41.8 Å². The molecule has 1 aliphatic heterocycles. The second kappa shape index (κ2) is 10.9. The van der Waals surface area contributed by atoms with E-state index in [2.05, 4.69) is 26.9 Å². The molecule has 1 aromatic carbocycles. The van der Waals surface area contributed by atoms with Gasteiger partial charge in [0.1, 0.15) is 4.21 Å². The quantitative estimate of drug-likeness (QED) is 0.543. The van der Waals surface area contributed by atoms with Crippen molar-refractivity contribution in [3.05, 3.63) is 47.3 Å². The summed E-state index contributed by atoms with van der Waals surface area (Å²) in [6, 6.07) is 10.2. The summed E-state index contributed by atoms with van der Waals surface area (Å²) in [4.78, 5) is 17.0. The molecule has 7 nitrogen and oxygen atoms in total. The van der Waals surface area contributed by atoms with Gasteiger partial charge in [0.05, 0.1) is 6.42 Å². The number of thiophene rings is 1. The van der Waals surface area contributed by atoms with E-state index in [0.717, 1.165) is 51.1 Å². The number of likely N-dealkylation sites (N-methyl/N-ethyl adjacent to an activating group) is 1. The number of anilines is 1. The summed E-state index contributed by atoms with van der Waals surface area (Å²) < 4.78 is 27.3. The van der Waals surface area contributed by atoms with E-state index in [9.17, 15) is 13.2 Å². The van der Waals surface area contributed by atoms with Crippen LogP contribution in [-0.2, 0) is 21.2 Å². The van der Waals surface area contributed by atoms with Crippen LogP contribution in [0.4, 0.5) is 5.69 Å². The van der Waals surface area contributed by atoms with Gasteiger partial charge >= 0.3 is 0 Å². The fourth-order valence-electron chi connectivity index (χ4n) is 3.32. The lowest BCUT2D eigenvalue weighted by atomic mass is 10.1. The molecule has 1 amide bonds. The second-order valence-corrected chi connectivity index (χ2v) is 10.5. The Morgan fingerprint density at radius 2 is 1.80 bits per heavy atom. The summed E-state index contributed by atoms with van der Waals surface area (Å²) in [5.41, 5.74) is 1.33. The number of hydrogen-bond acceptors (Lipinski definition) is 6. The molecule has 1 aliphatic rings. The number of unbranched alkanes of at least 4 members (excludes halogenated alkanes) is 1. The average Bonchev–Trinajstić information content (AvgIpc) is 3.26. The number of rotatable bonds is 10. The van der Waals surface area contributed by atoms with Crippen molar-refractivity contribution >= 4 is 33.0 Å². The normalized spacial score (nSPS) is 15.8. The SMILES string of the molecule is CN1CCN(CCCCNC(=O)Cc2ccc(NS(=O)(=O)c3cccs3)cc2)CC1. The summed E-state index contributed by atoms with van der Waals surface area (Å²) in [7, 11) is -1.39. The molecule has 0 unspecified atom stereocenters. The first-order valence-corrected chi connectivity index (χ1v) is 12.6. The molecule has 0 atom stereocenters. The molecule has 3 rings (SSSR count). The van der Waals surface area contributed by atoms with E-state index in [-0.39, 0.29) is 16.5 Å². The molecule has 2 N–H and O–H groups in total. The van der Waals surface area contributed by atoms with Gasteiger partial charge in [0.15, 0.2) is 0 Å². The minimum atomic E-state index is -3.55. The number of benzene rings is 1. The van der Waals surface area contributed by atoms with Crippen LogP contribution in [-0.4, -0.2) is 70.4 Å². The van der Waals surface area contributed by atoms with Crippen LogP contribution >= 0.6 is 11.3 Å². The molecule has 0 radical (unpaired) electrons. The molecule has 0 aliphatic carbocycles. The minimum Gasteiger partial charge on any atom is -0.356 e. The minimum absolute atomic E-state index is 0.0125. The van der Waals surface area contributed by atoms with Gasteiger partial charge < -0.3 is 15.1 Å². The smallest absolute Gasteiger partial charge is 0.271 e. The Bertz CT molecular complexity index is 891. The van der Waals surface area contributed by atoms with Gasteiger partial charge in [-0.2, -0.15) is 0 Å². The van der Waals surface area contributed by atoms with Gasteiger partial charge in [-0.25, -0.2) is 8.42 Å². The highest BCUT2D eigenvalue weighted by atomic mass is 32.2. The monoisotopic (exact) mass is 450 g/mol. The van der Waals surface area contributed by atoms with Gasteiger partial charge in [-0.15, -0.1) is 11.3 Å². The van der Waals surface area contributed by atoms with Crippen LogP contribution in [0.3, 0.4) is 0 Å². The van der Waals surface area contributed by atoms with E-state index >= 15 is 0 Å². The van der Waals surface area contributed by atoms with Gasteiger partial charge in [-0.1, -0.05) is 18.2 Å². The Kier molecular flexibility index (Phi) is 8.26. The molecule has 0 saturated carbocycles. The molecular formula is C21H30N4O3S2. The molecule has 1 aromatic heterocycles. The fraction of sp³-hybridized carbons (Fsp3) is 0.476. The van der Waals surface area contributed by atoms with E-state index in [1.807, 2.05) is 0 Å². The molecule has 1 fully saturated rings. The lowest BCUT2D eigenvalue weighted by molar-refractivity contribution is -0.120. The van der Waals surface area contributed by atoms with Crippen LogP contribution in [0.5, 0.6) is 0 Å². The summed E-state index contributed by atoms with van der Waals surface area (Å²) in [5, 5.41) is 4.70. The lowest BCUT2D eigenvalue weighted by Gasteiger charge is -2.32. The fourth-order valence-corrected chi connectivity index (χ4v) is 5.37. The Balaban J connectivity index is 1.34. The van der Waals surface area contributed by atoms with Crippen molar-refractivity contribution in [1.29, 1.82) is 0 Å². The Hall–Kier alpha value is -1.94. The largest absolute Gasteiger partial charge is 0.356 e. The highest BCUT2D eigenvalue weighted by Crippen LogP contribution is 2.20. The van der Waals surface area contributed by atoms with Crippen LogP contribution in [0.25, 0.3) is 0 Å². The third-order valence-electron chi connectivity index (χ3n) is 5.15. The summed E-state index contributed by atoms with van der Waals surface area (Å²) in [5.74, 6) is -0.0125. The molecule has 2 aromatic rings. The standard InChI is InChI=1S/C21H30N4O3S2/c1-24-12-14-25(15-13-24)11-3-2-10-22-20(26)17-18-6-8-19(9-7-18)23-30(27,28)21-5-4-16-29-21/h4-9,16,23H,2-3,10-15,17H2,1H3,(H,22,26). The van der Waals surface area contributed by atoms with Gasteiger partial charge in [-0.3, -0.25) is 9.52 Å². The summed E-state index contributed by atoms with van der Waals surface area (Å²) in [6.07, 6.45) is 2.35. The van der Waals surface area contributed by atoms with E-state index in [4.69, 9.17) is 0 Å². The average molecular weight is 451 g/mol. The van der Waals surface area contributed by atoms with Crippen LogP contribution in [0.1, 0.15) is 18.4 Å². The molecular weight excluding hydrogens is 420 g/mol. The third kappa shape index (κ3) is 7.09. The Labute approximate surface area is 183 Å². The number of nitrogens with zero attached hydrogens (tertiary/aromatic N) is 2. The highest BCUT2D eigenvalue weighted by Gasteiger charge is 2.15. The topological polar surface area (TPSA) is 81.8 Å². The predicted octanol–water partition coefficient (Wildman–Crippen LogP) is 2.24. The van der Waals surface area contributed by atoms with Gasteiger partial charge in [0.2, 0.25) is 5.91 Å². The molecule has 30 heavy (non-hydrogen) atoms. The zero-order chi connectivity index (χ0) is 21.4. The summed E-state index contributed by atoms with van der Waals surface area (Å²) >= 11 is 1.17. The number of amides is 1. The predicted molar refractivity (Wildman–Crippen MR) is 121 cm³/mol. The van der Waals surface area contributed by atoms with Crippen molar-refractivity contribution in [1.82, 2.24) is 15.1 Å². The van der Waals surface area contributed by atoms with Crippen molar-refractivity contribution < 1.29 is 13.2 Å². The van der Waals surface area contributed by atoms with Crippen molar-refractivity contribution in [3.8, 4) is 0 Å². The number of carbonyl (C=O) groups is 1. The zero-order valence-electron chi connectivity index (χ0n) is 17.3. The zero-order valence-corrected chi connectivity index (χ0v) is 19.0. The van der Waals surface area contributed by atoms with Gasteiger partial charge in [0.25, 0.3) is 10.0 Å². The molecule has 0 bridgehead atoms. The number of carbonyl (C=O) groups excluding carboxylic acids is 1. The molecule has 1 saturated heterocycles. The van der Waals surface area contributed by atoms with Crippen molar-refractivity contribution in [3.63, 3.8) is 0 Å². The maximum Gasteiger partial charge on any atom is 0.271 e. The van der Waals surface area contributed by atoms with Crippen molar-refractivity contribution in [2.45, 2.75) is 23.5 Å². The Morgan fingerprint density at radius 3 is 2.47 bits per heavy atom. The first-order valence-electron chi connectivity index (χ1n) is 10.3. The van der Waals surface area contributed by atoms with Crippen LogP contribution in [0.2, 0.25) is 0 Å². The van der Waals surface area contributed by atoms with Crippen molar-refractivity contribution in [2.75, 3.05) is 51.0 Å². The number of hydrogen-bond donors (Lipinski definition) is 2. The second-order valence-electron chi connectivity index (χ2n) is 7.61. The number of sulfonamides is 1. The van der Waals surface area contributed by atoms with E-state index in [1.165, 1.54) is 11.3 Å². The maximum atomic E-state index is 12.2.